The first-order chi connectivity index (χ1) is 7.61. The Morgan fingerprint density at radius 3 is 2.25 bits per heavy atom. The molecule has 0 aliphatic carbocycles. The number of fused-ring (bicyclic) bond motifs is 2. The van der Waals surface area contributed by atoms with Gasteiger partial charge in [0.15, 0.2) is 0 Å². The number of methoxy groups -OCH3 is 1. The van der Waals surface area contributed by atoms with Gasteiger partial charge in [-0.05, 0) is 46.6 Å². The Morgan fingerprint density at radius 2 is 1.75 bits per heavy atom. The summed E-state index contributed by atoms with van der Waals surface area (Å²) in [7, 11) is 4.07. The maximum absolute atomic E-state index is 5.44. The highest BCUT2D eigenvalue weighted by molar-refractivity contribution is 4.96. The molecule has 2 saturated heterocycles. The molecule has 0 aromatic carbocycles. The van der Waals surface area contributed by atoms with Crippen LogP contribution in [0.5, 0.6) is 0 Å². The van der Waals surface area contributed by atoms with Crippen molar-refractivity contribution in [3.63, 3.8) is 0 Å². The van der Waals surface area contributed by atoms with Gasteiger partial charge >= 0.3 is 0 Å². The number of ether oxygens (including phenoxy) is 1. The smallest absolute Gasteiger partial charge is 0.0695 e. The lowest BCUT2D eigenvalue weighted by molar-refractivity contribution is 0.0170. The van der Waals surface area contributed by atoms with Crippen molar-refractivity contribution in [2.45, 2.75) is 69.8 Å². The summed E-state index contributed by atoms with van der Waals surface area (Å²) in [6.45, 7) is 4.44. The molecular formula is C13H26N2O. The van der Waals surface area contributed by atoms with Gasteiger partial charge in [-0.3, -0.25) is 4.90 Å². The zero-order chi connectivity index (χ0) is 11.7. The zero-order valence-electron chi connectivity index (χ0n) is 11.1. The van der Waals surface area contributed by atoms with Crippen molar-refractivity contribution in [3.05, 3.63) is 0 Å². The van der Waals surface area contributed by atoms with Crippen LogP contribution >= 0.6 is 0 Å². The molecule has 2 rings (SSSR count). The van der Waals surface area contributed by atoms with E-state index < -0.39 is 0 Å². The van der Waals surface area contributed by atoms with E-state index in [0.29, 0.717) is 12.1 Å². The number of piperidine rings is 1. The highest BCUT2D eigenvalue weighted by Gasteiger charge is 2.36. The summed E-state index contributed by atoms with van der Waals surface area (Å²) in [5.74, 6) is 0. The first-order valence-corrected chi connectivity index (χ1v) is 6.62. The van der Waals surface area contributed by atoms with Gasteiger partial charge in [-0.1, -0.05) is 0 Å². The van der Waals surface area contributed by atoms with Crippen molar-refractivity contribution in [2.75, 3.05) is 14.2 Å². The molecule has 2 fully saturated rings. The van der Waals surface area contributed by atoms with Gasteiger partial charge in [0.25, 0.3) is 0 Å². The monoisotopic (exact) mass is 226 g/mol. The summed E-state index contributed by atoms with van der Waals surface area (Å²) in [5, 5.41) is 3.70. The molecule has 0 aromatic heterocycles. The van der Waals surface area contributed by atoms with Gasteiger partial charge < -0.3 is 10.1 Å². The van der Waals surface area contributed by atoms with E-state index >= 15 is 0 Å². The lowest BCUT2D eigenvalue weighted by Gasteiger charge is -2.40. The van der Waals surface area contributed by atoms with E-state index in [9.17, 15) is 0 Å². The number of rotatable bonds is 4. The largest absolute Gasteiger partial charge is 0.380 e. The van der Waals surface area contributed by atoms with Crippen LogP contribution in [-0.2, 0) is 4.74 Å². The van der Waals surface area contributed by atoms with Gasteiger partial charge in [-0.2, -0.15) is 0 Å². The third-order valence-electron chi connectivity index (χ3n) is 4.72. The van der Waals surface area contributed by atoms with E-state index in [1.54, 1.807) is 7.11 Å². The van der Waals surface area contributed by atoms with E-state index in [1.807, 2.05) is 0 Å². The average Bonchev–Trinajstić information content (AvgIpc) is 2.65. The predicted octanol–water partition coefficient (Wildman–Crippen LogP) is 1.62. The fraction of sp³-hybridized carbons (Fsp3) is 1.00. The van der Waals surface area contributed by atoms with Crippen LogP contribution in [0.1, 0.15) is 39.5 Å². The third-order valence-corrected chi connectivity index (χ3v) is 4.72. The Morgan fingerprint density at radius 1 is 1.19 bits per heavy atom. The van der Waals surface area contributed by atoms with Crippen molar-refractivity contribution in [3.8, 4) is 0 Å². The zero-order valence-corrected chi connectivity index (χ0v) is 11.1. The first kappa shape index (κ1) is 12.3. The summed E-state index contributed by atoms with van der Waals surface area (Å²) in [6.07, 6.45) is 5.70. The van der Waals surface area contributed by atoms with Crippen molar-refractivity contribution in [1.29, 1.82) is 0 Å². The molecule has 2 heterocycles. The van der Waals surface area contributed by atoms with Crippen LogP contribution in [0.2, 0.25) is 0 Å². The molecule has 0 spiro atoms. The Kier molecular flexibility index (Phi) is 3.88. The summed E-state index contributed by atoms with van der Waals surface area (Å²) < 4.78 is 5.44. The van der Waals surface area contributed by atoms with Gasteiger partial charge in [-0.25, -0.2) is 0 Å². The predicted molar refractivity (Wildman–Crippen MR) is 66.7 cm³/mol. The Bertz CT molecular complexity index is 222. The van der Waals surface area contributed by atoms with Crippen LogP contribution in [0.4, 0.5) is 0 Å². The minimum Gasteiger partial charge on any atom is -0.380 e. The second kappa shape index (κ2) is 5.03. The SMILES string of the molecule is COC(C)C(C)N(C)C1CC2CCC(C1)N2. The molecule has 4 atom stereocenters. The van der Waals surface area contributed by atoms with Crippen molar-refractivity contribution >= 4 is 0 Å². The fourth-order valence-electron chi connectivity index (χ4n) is 3.22. The number of hydrogen-bond donors (Lipinski definition) is 1. The molecular weight excluding hydrogens is 200 g/mol. The number of nitrogens with one attached hydrogen (secondary N) is 1. The third kappa shape index (κ3) is 2.41. The summed E-state index contributed by atoms with van der Waals surface area (Å²) >= 11 is 0. The molecule has 16 heavy (non-hydrogen) atoms. The molecule has 1 N–H and O–H groups in total. The molecule has 94 valence electrons. The van der Waals surface area contributed by atoms with Gasteiger partial charge in [-0.15, -0.1) is 0 Å². The van der Waals surface area contributed by atoms with Gasteiger partial charge in [0.1, 0.15) is 0 Å². The highest BCUT2D eigenvalue weighted by atomic mass is 16.5. The molecule has 2 aliphatic heterocycles. The van der Waals surface area contributed by atoms with Crippen molar-refractivity contribution in [1.82, 2.24) is 10.2 Å². The van der Waals surface area contributed by atoms with Gasteiger partial charge in [0.2, 0.25) is 0 Å². The van der Waals surface area contributed by atoms with Crippen LogP contribution in [0.3, 0.4) is 0 Å². The highest BCUT2D eigenvalue weighted by Crippen LogP contribution is 2.30. The van der Waals surface area contributed by atoms with E-state index in [2.05, 4.69) is 31.1 Å². The molecule has 3 heteroatoms. The van der Waals surface area contributed by atoms with Crippen molar-refractivity contribution < 1.29 is 4.74 Å². The normalized spacial score (nSPS) is 37.7. The lowest BCUT2D eigenvalue weighted by atomic mass is 9.96. The van der Waals surface area contributed by atoms with Crippen LogP contribution in [0, 0.1) is 0 Å². The van der Waals surface area contributed by atoms with Gasteiger partial charge in [0.05, 0.1) is 6.10 Å². The molecule has 2 aliphatic rings. The summed E-state index contributed by atoms with van der Waals surface area (Å²) in [6, 6.07) is 2.80. The van der Waals surface area contributed by atoms with Gasteiger partial charge in [0, 0.05) is 31.3 Å². The summed E-state index contributed by atoms with van der Waals surface area (Å²) in [4.78, 5) is 2.53. The molecule has 0 radical (unpaired) electrons. The molecule has 2 bridgehead atoms. The van der Waals surface area contributed by atoms with Crippen LogP contribution in [0.25, 0.3) is 0 Å². The molecule has 4 unspecified atom stereocenters. The van der Waals surface area contributed by atoms with E-state index in [0.717, 1.165) is 18.1 Å². The number of hydrogen-bond acceptors (Lipinski definition) is 3. The molecule has 0 saturated carbocycles. The maximum Gasteiger partial charge on any atom is 0.0695 e. The second-order valence-electron chi connectivity index (χ2n) is 5.61. The number of likely N-dealkylation sites (N-methyl/N-ethyl adjacent to an activating group) is 1. The van der Waals surface area contributed by atoms with E-state index in [4.69, 9.17) is 4.74 Å². The Labute approximate surface area is 99.5 Å². The molecule has 0 aromatic rings. The van der Waals surface area contributed by atoms with Crippen LogP contribution in [-0.4, -0.2) is 49.3 Å². The topological polar surface area (TPSA) is 24.5 Å². The summed E-state index contributed by atoms with van der Waals surface area (Å²) in [5.41, 5.74) is 0. The van der Waals surface area contributed by atoms with Crippen molar-refractivity contribution in [2.24, 2.45) is 0 Å². The standard InChI is InChI=1S/C13H26N2O/c1-9(10(2)16-4)15(3)13-7-11-5-6-12(8-13)14-11/h9-14H,5-8H2,1-4H3. The molecule has 0 amide bonds. The quantitative estimate of drug-likeness (QED) is 0.788. The average molecular weight is 226 g/mol. The Balaban J connectivity index is 1.92. The minimum absolute atomic E-state index is 0.317. The fourth-order valence-corrected chi connectivity index (χ4v) is 3.22. The second-order valence-corrected chi connectivity index (χ2v) is 5.61. The lowest BCUT2D eigenvalue weighted by Crippen LogP contribution is -2.51. The van der Waals surface area contributed by atoms with Crippen LogP contribution in [0.15, 0.2) is 0 Å². The maximum atomic E-state index is 5.44. The van der Waals surface area contributed by atoms with E-state index in [-0.39, 0.29) is 0 Å². The Hall–Kier alpha value is -0.120. The van der Waals surface area contributed by atoms with E-state index in [1.165, 1.54) is 25.7 Å². The molecule has 3 nitrogen and oxygen atoms in total. The first-order valence-electron chi connectivity index (χ1n) is 6.62. The number of nitrogens with zero attached hydrogens (tertiary/aromatic N) is 1. The van der Waals surface area contributed by atoms with Crippen LogP contribution < -0.4 is 5.32 Å². The minimum atomic E-state index is 0.317.